The van der Waals surface area contributed by atoms with E-state index in [4.69, 9.17) is 4.99 Å². The van der Waals surface area contributed by atoms with Crippen molar-refractivity contribution in [2.45, 2.75) is 57.8 Å². The van der Waals surface area contributed by atoms with Crippen molar-refractivity contribution in [2.75, 3.05) is 13.1 Å². The Bertz CT molecular complexity index is 848. The van der Waals surface area contributed by atoms with Crippen molar-refractivity contribution in [3.63, 3.8) is 0 Å². The van der Waals surface area contributed by atoms with Gasteiger partial charge in [-0.05, 0) is 51.3 Å². The second-order valence-corrected chi connectivity index (χ2v) is 8.55. The number of likely N-dealkylation sites (tertiary alicyclic amines) is 1. The first-order valence-corrected chi connectivity index (χ1v) is 10.4. The zero-order chi connectivity index (χ0) is 19.7. The fraction of sp³-hybridized carbons (Fsp3) is 0.458. The van der Waals surface area contributed by atoms with Crippen molar-refractivity contribution in [3.05, 3.63) is 65.2 Å². The highest BCUT2D eigenvalue weighted by Gasteiger charge is 2.40. The minimum absolute atomic E-state index is 0.207. The summed E-state index contributed by atoms with van der Waals surface area (Å²) >= 11 is 0. The number of benzene rings is 2. The molecule has 2 heterocycles. The number of phenols is 1. The Balaban J connectivity index is 1.69. The first-order valence-electron chi connectivity index (χ1n) is 10.4. The number of rotatable bonds is 3. The molecule has 4 rings (SSSR count). The summed E-state index contributed by atoms with van der Waals surface area (Å²) in [7, 11) is 0. The third-order valence-corrected chi connectivity index (χ3v) is 6.24. The van der Waals surface area contributed by atoms with Gasteiger partial charge >= 0.3 is 0 Å². The topological polar surface area (TPSA) is 47.9 Å². The van der Waals surface area contributed by atoms with Gasteiger partial charge in [0.1, 0.15) is 11.4 Å². The van der Waals surface area contributed by atoms with Gasteiger partial charge in [0.2, 0.25) is 0 Å². The highest BCUT2D eigenvalue weighted by Crippen LogP contribution is 2.36. The number of aryl methyl sites for hydroxylation is 1. The van der Waals surface area contributed by atoms with Gasteiger partial charge in [0.25, 0.3) is 0 Å². The lowest BCUT2D eigenvalue weighted by Crippen LogP contribution is -2.56. The number of hydrogen-bond acceptors (Lipinski definition) is 4. The molecular weight excluding hydrogens is 346 g/mol. The van der Waals surface area contributed by atoms with Gasteiger partial charge in [-0.2, -0.15) is 0 Å². The van der Waals surface area contributed by atoms with Crippen molar-refractivity contribution in [1.29, 1.82) is 0 Å². The summed E-state index contributed by atoms with van der Waals surface area (Å²) in [4.78, 5) is 7.74. The summed E-state index contributed by atoms with van der Waals surface area (Å²) in [6.07, 6.45) is 2.77. The van der Waals surface area contributed by atoms with Crippen LogP contribution in [0.15, 0.2) is 53.5 Å². The van der Waals surface area contributed by atoms with Crippen LogP contribution in [0.5, 0.6) is 5.75 Å². The number of aromatic hydroxyl groups is 1. The molecule has 2 aliphatic rings. The largest absolute Gasteiger partial charge is 0.507 e. The van der Waals surface area contributed by atoms with Crippen LogP contribution in [0.2, 0.25) is 0 Å². The van der Waals surface area contributed by atoms with E-state index in [2.05, 4.69) is 55.3 Å². The van der Waals surface area contributed by atoms with Crippen LogP contribution in [0.25, 0.3) is 0 Å². The molecule has 4 nitrogen and oxygen atoms in total. The average molecular weight is 378 g/mol. The Labute approximate surface area is 168 Å². The van der Waals surface area contributed by atoms with Crippen molar-refractivity contribution < 1.29 is 5.11 Å². The molecule has 1 atom stereocenters. The second kappa shape index (κ2) is 7.69. The van der Waals surface area contributed by atoms with E-state index in [1.165, 1.54) is 11.1 Å². The quantitative estimate of drug-likeness (QED) is 0.832. The number of hydrogen-bond donors (Lipinski definition) is 2. The van der Waals surface area contributed by atoms with Crippen LogP contribution in [0, 0.1) is 6.92 Å². The smallest absolute Gasteiger partial charge is 0.124 e. The Morgan fingerprint density at radius 2 is 1.75 bits per heavy atom. The van der Waals surface area contributed by atoms with E-state index in [1.54, 1.807) is 6.07 Å². The van der Waals surface area contributed by atoms with Gasteiger partial charge in [0.15, 0.2) is 0 Å². The Morgan fingerprint density at radius 3 is 2.39 bits per heavy atom. The number of para-hydroxylation sites is 1. The SMILES string of the molecule is Cc1ccc(C2CC(c3ccccc3O)=NC3(CCN(C(C)C)CC3)N2)cc1. The molecule has 2 aromatic carbocycles. The van der Waals surface area contributed by atoms with Crippen LogP contribution in [0.3, 0.4) is 0 Å². The Morgan fingerprint density at radius 1 is 1.07 bits per heavy atom. The zero-order valence-corrected chi connectivity index (χ0v) is 17.2. The predicted octanol–water partition coefficient (Wildman–Crippen LogP) is 4.42. The number of piperidine rings is 1. The third kappa shape index (κ3) is 3.85. The van der Waals surface area contributed by atoms with Gasteiger partial charge in [0, 0.05) is 42.9 Å². The molecule has 0 saturated carbocycles. The van der Waals surface area contributed by atoms with Gasteiger partial charge in [-0.25, -0.2) is 0 Å². The predicted molar refractivity (Wildman–Crippen MR) is 115 cm³/mol. The summed E-state index contributed by atoms with van der Waals surface area (Å²) in [6.45, 7) is 8.73. The molecule has 2 N–H and O–H groups in total. The molecule has 28 heavy (non-hydrogen) atoms. The van der Waals surface area contributed by atoms with E-state index in [0.717, 1.165) is 43.6 Å². The molecule has 0 bridgehead atoms. The molecular formula is C24H31N3O. The average Bonchev–Trinajstić information content (AvgIpc) is 2.69. The number of nitrogens with zero attached hydrogens (tertiary/aromatic N) is 2. The van der Waals surface area contributed by atoms with Crippen LogP contribution >= 0.6 is 0 Å². The number of phenolic OH excluding ortho intramolecular Hbond substituents is 1. The molecule has 4 heteroatoms. The number of nitrogens with one attached hydrogen (secondary N) is 1. The lowest BCUT2D eigenvalue weighted by Gasteiger charge is -2.46. The van der Waals surface area contributed by atoms with E-state index >= 15 is 0 Å². The van der Waals surface area contributed by atoms with Gasteiger partial charge in [0.05, 0.1) is 0 Å². The molecule has 148 valence electrons. The molecule has 1 saturated heterocycles. The van der Waals surface area contributed by atoms with Crippen molar-refractivity contribution >= 4 is 5.71 Å². The molecule has 0 amide bonds. The summed E-state index contributed by atoms with van der Waals surface area (Å²) < 4.78 is 0. The molecule has 0 aromatic heterocycles. The van der Waals surface area contributed by atoms with Crippen LogP contribution in [0.4, 0.5) is 0 Å². The second-order valence-electron chi connectivity index (χ2n) is 8.55. The molecule has 0 radical (unpaired) electrons. The van der Waals surface area contributed by atoms with Gasteiger partial charge in [-0.1, -0.05) is 42.0 Å². The fourth-order valence-electron chi connectivity index (χ4n) is 4.46. The maximum Gasteiger partial charge on any atom is 0.124 e. The molecule has 2 aliphatic heterocycles. The molecule has 2 aromatic rings. The minimum atomic E-state index is -0.253. The first-order chi connectivity index (χ1) is 13.5. The van der Waals surface area contributed by atoms with E-state index in [-0.39, 0.29) is 11.7 Å². The normalized spacial score (nSPS) is 22.4. The van der Waals surface area contributed by atoms with Crippen LogP contribution in [-0.4, -0.2) is 40.5 Å². The van der Waals surface area contributed by atoms with Gasteiger partial charge in [-0.3, -0.25) is 10.3 Å². The highest BCUT2D eigenvalue weighted by molar-refractivity contribution is 6.03. The third-order valence-electron chi connectivity index (χ3n) is 6.24. The zero-order valence-electron chi connectivity index (χ0n) is 17.2. The number of aliphatic imine (C=N–C) groups is 1. The van der Waals surface area contributed by atoms with Crippen molar-refractivity contribution in [3.8, 4) is 5.75 Å². The van der Waals surface area contributed by atoms with E-state index in [1.807, 2.05) is 18.2 Å². The highest BCUT2D eigenvalue weighted by atomic mass is 16.3. The van der Waals surface area contributed by atoms with Crippen molar-refractivity contribution in [2.24, 2.45) is 4.99 Å². The molecule has 1 unspecified atom stereocenters. The standard InChI is InChI=1S/C24H31N3O/c1-17(2)27-14-12-24(13-15-27)25-21(19-10-8-18(3)9-11-19)16-22(26-24)20-6-4-5-7-23(20)28/h4-11,17,21,25,28H,12-16H2,1-3H3. The van der Waals surface area contributed by atoms with E-state index in [9.17, 15) is 5.11 Å². The Kier molecular flexibility index (Phi) is 5.26. The molecule has 1 fully saturated rings. The fourth-order valence-corrected chi connectivity index (χ4v) is 4.46. The summed E-state index contributed by atoms with van der Waals surface area (Å²) in [6, 6.07) is 17.2. The summed E-state index contributed by atoms with van der Waals surface area (Å²) in [5.74, 6) is 0.320. The van der Waals surface area contributed by atoms with E-state index in [0.29, 0.717) is 11.8 Å². The Hall–Kier alpha value is -2.17. The van der Waals surface area contributed by atoms with Crippen LogP contribution in [-0.2, 0) is 0 Å². The maximum atomic E-state index is 10.4. The van der Waals surface area contributed by atoms with Gasteiger partial charge < -0.3 is 10.0 Å². The first kappa shape index (κ1) is 19.2. The molecule has 0 aliphatic carbocycles. The van der Waals surface area contributed by atoms with Crippen LogP contribution < -0.4 is 5.32 Å². The lowest BCUT2D eigenvalue weighted by molar-refractivity contribution is 0.103. The monoisotopic (exact) mass is 377 g/mol. The lowest BCUT2D eigenvalue weighted by atomic mass is 9.87. The minimum Gasteiger partial charge on any atom is -0.507 e. The summed E-state index contributed by atoms with van der Waals surface area (Å²) in [5.41, 5.74) is 4.19. The maximum absolute atomic E-state index is 10.4. The molecule has 1 spiro atoms. The van der Waals surface area contributed by atoms with Crippen LogP contribution in [0.1, 0.15) is 55.8 Å². The van der Waals surface area contributed by atoms with E-state index < -0.39 is 0 Å². The summed E-state index contributed by atoms with van der Waals surface area (Å²) in [5, 5.41) is 14.3. The van der Waals surface area contributed by atoms with Crippen molar-refractivity contribution in [1.82, 2.24) is 10.2 Å². The van der Waals surface area contributed by atoms with Gasteiger partial charge in [-0.15, -0.1) is 0 Å².